The van der Waals surface area contributed by atoms with E-state index in [0.29, 0.717) is 4.31 Å². The number of carbonyl (C=O) groups is 2. The van der Waals surface area contributed by atoms with Gasteiger partial charge in [-0.1, -0.05) is 12.1 Å². The van der Waals surface area contributed by atoms with E-state index < -0.39 is 37.9 Å². The predicted octanol–water partition coefficient (Wildman–Crippen LogP) is 2.12. The van der Waals surface area contributed by atoms with Gasteiger partial charge in [0, 0.05) is 17.3 Å². The van der Waals surface area contributed by atoms with Crippen molar-refractivity contribution in [2.24, 2.45) is 0 Å². The number of nitrogens with one attached hydrogen (secondary N) is 2. The van der Waals surface area contributed by atoms with Crippen molar-refractivity contribution >= 4 is 54.0 Å². The average Bonchev–Trinajstić information content (AvgIpc) is 3.32. The molecule has 1 aromatic heterocycles. The van der Waals surface area contributed by atoms with Gasteiger partial charge in [0.1, 0.15) is 10.9 Å². The summed E-state index contributed by atoms with van der Waals surface area (Å²) in [4.78, 5) is 28.9. The predicted molar refractivity (Wildman–Crippen MR) is 117 cm³/mol. The molecule has 0 aliphatic carbocycles. The number of thiazole rings is 1. The van der Waals surface area contributed by atoms with E-state index in [1.807, 2.05) is 0 Å². The first-order valence-corrected chi connectivity index (χ1v) is 12.9. The normalized spacial score (nSPS) is 15.8. The van der Waals surface area contributed by atoms with E-state index in [2.05, 4.69) is 15.0 Å². The number of nitrogens with zero attached hydrogens (tertiary/aromatic N) is 2. The number of rotatable bonds is 6. The van der Waals surface area contributed by atoms with Crippen molar-refractivity contribution in [3.05, 3.63) is 65.7 Å². The van der Waals surface area contributed by atoms with Crippen LogP contribution in [0, 0.1) is 0 Å². The second kappa shape index (κ2) is 8.00. The van der Waals surface area contributed by atoms with Gasteiger partial charge >= 0.3 is 0 Å². The first-order valence-electron chi connectivity index (χ1n) is 9.12. The Morgan fingerprint density at radius 3 is 2.44 bits per heavy atom. The van der Waals surface area contributed by atoms with Crippen LogP contribution < -0.4 is 10.0 Å². The first kappa shape index (κ1) is 21.9. The summed E-state index contributed by atoms with van der Waals surface area (Å²) in [5.74, 6) is -1.52. The summed E-state index contributed by atoms with van der Waals surface area (Å²) < 4.78 is 53.1. The number of anilines is 2. The zero-order valence-electron chi connectivity index (χ0n) is 16.4. The lowest BCUT2D eigenvalue weighted by atomic mass is 10.2. The summed E-state index contributed by atoms with van der Waals surface area (Å²) in [6.07, 6.45) is 1.46. The van der Waals surface area contributed by atoms with Crippen LogP contribution in [-0.4, -0.2) is 44.0 Å². The summed E-state index contributed by atoms with van der Waals surface area (Å²) >= 11 is 1.13. The van der Waals surface area contributed by atoms with Crippen LogP contribution in [-0.2, 0) is 24.8 Å². The third-order valence-electron chi connectivity index (χ3n) is 4.67. The number of benzene rings is 2. The van der Waals surface area contributed by atoms with Gasteiger partial charge in [-0.2, -0.15) is 0 Å². The minimum atomic E-state index is -4.15. The third kappa shape index (κ3) is 3.85. The van der Waals surface area contributed by atoms with Crippen LogP contribution in [0.25, 0.3) is 0 Å². The summed E-state index contributed by atoms with van der Waals surface area (Å²) in [6, 6.07) is 9.69. The van der Waals surface area contributed by atoms with E-state index in [4.69, 9.17) is 0 Å². The molecule has 0 fully saturated rings. The van der Waals surface area contributed by atoms with Crippen LogP contribution in [0.2, 0.25) is 0 Å². The average molecular weight is 493 g/mol. The van der Waals surface area contributed by atoms with Gasteiger partial charge in [-0.15, -0.1) is 11.3 Å². The maximum absolute atomic E-state index is 12.7. The molecule has 3 aromatic rings. The molecule has 1 aliphatic heterocycles. The van der Waals surface area contributed by atoms with E-state index in [1.165, 1.54) is 55.6 Å². The molecule has 2 amide bonds. The maximum atomic E-state index is 12.7. The Morgan fingerprint density at radius 1 is 1.12 bits per heavy atom. The van der Waals surface area contributed by atoms with Gasteiger partial charge < -0.3 is 5.32 Å². The van der Waals surface area contributed by atoms with Crippen molar-refractivity contribution in [1.82, 2.24) is 9.29 Å². The molecule has 0 radical (unpaired) electrons. The highest BCUT2D eigenvalue weighted by atomic mass is 32.2. The molecule has 13 heteroatoms. The maximum Gasteiger partial charge on any atom is 0.269 e. The molecule has 10 nitrogen and oxygen atoms in total. The highest BCUT2D eigenvalue weighted by Gasteiger charge is 2.45. The second-order valence-corrected chi connectivity index (χ2v) is 11.1. The van der Waals surface area contributed by atoms with Gasteiger partial charge in [-0.25, -0.2) is 26.1 Å². The number of fused-ring (bicyclic) bond motifs is 1. The van der Waals surface area contributed by atoms with E-state index >= 15 is 0 Å². The van der Waals surface area contributed by atoms with Crippen LogP contribution in [0.5, 0.6) is 0 Å². The standard InChI is InChI=1S/C19H16N4O6S3/c1-12(23-18(25)15-4-2-3-5-16(15)32(23,28)29)17(24)21-13-6-8-14(9-7-13)31(26,27)22-19-20-10-11-30-19/h2-12H,1H3,(H,20,22)(H,21,24)/t12-/m1/s1. The van der Waals surface area contributed by atoms with Gasteiger partial charge in [-0.05, 0) is 43.3 Å². The third-order valence-corrected chi connectivity index (χ3v) is 8.76. The quantitative estimate of drug-likeness (QED) is 0.536. The summed E-state index contributed by atoms with van der Waals surface area (Å²) in [5, 5.41) is 4.35. The van der Waals surface area contributed by atoms with E-state index in [-0.39, 0.29) is 26.2 Å². The van der Waals surface area contributed by atoms with E-state index in [1.54, 1.807) is 11.4 Å². The molecule has 1 atom stereocenters. The lowest BCUT2D eigenvalue weighted by Crippen LogP contribution is -2.45. The first-order chi connectivity index (χ1) is 15.1. The largest absolute Gasteiger partial charge is 0.324 e. The summed E-state index contributed by atoms with van der Waals surface area (Å²) in [5.41, 5.74) is 0.242. The van der Waals surface area contributed by atoms with Gasteiger partial charge in [0.05, 0.1) is 10.5 Å². The number of amides is 2. The Bertz CT molecular complexity index is 1400. The lowest BCUT2D eigenvalue weighted by Gasteiger charge is -2.22. The molecule has 1 aliphatic rings. The van der Waals surface area contributed by atoms with Crippen molar-refractivity contribution in [1.29, 1.82) is 0 Å². The van der Waals surface area contributed by atoms with E-state index in [0.717, 1.165) is 11.3 Å². The minimum absolute atomic E-state index is 0.00874. The summed E-state index contributed by atoms with van der Waals surface area (Å²) in [6.45, 7) is 1.30. The topological polar surface area (TPSA) is 143 Å². The zero-order chi connectivity index (χ0) is 23.1. The number of hydrogen-bond acceptors (Lipinski definition) is 8. The van der Waals surface area contributed by atoms with Crippen LogP contribution in [0.15, 0.2) is 69.9 Å². The molecule has 0 unspecified atom stereocenters. The minimum Gasteiger partial charge on any atom is -0.324 e. The van der Waals surface area contributed by atoms with Gasteiger partial charge in [0.25, 0.3) is 26.0 Å². The zero-order valence-corrected chi connectivity index (χ0v) is 18.9. The second-order valence-electron chi connectivity index (χ2n) is 6.73. The smallest absolute Gasteiger partial charge is 0.269 e. The van der Waals surface area contributed by atoms with Crippen LogP contribution >= 0.6 is 11.3 Å². The SMILES string of the molecule is C[C@H](C(=O)Nc1ccc(S(=O)(=O)Nc2nccs2)cc1)N1C(=O)c2ccccc2S1(=O)=O. The molecule has 166 valence electrons. The monoisotopic (exact) mass is 492 g/mol. The molecule has 0 spiro atoms. The van der Waals surface area contributed by atoms with Crippen molar-refractivity contribution in [3.8, 4) is 0 Å². The van der Waals surface area contributed by atoms with Gasteiger partial charge in [0.15, 0.2) is 5.13 Å². The number of carbonyl (C=O) groups excluding carboxylic acids is 2. The number of hydrogen-bond donors (Lipinski definition) is 2. The van der Waals surface area contributed by atoms with Crippen molar-refractivity contribution < 1.29 is 26.4 Å². The Kier molecular flexibility index (Phi) is 5.48. The molecule has 2 N–H and O–H groups in total. The van der Waals surface area contributed by atoms with Crippen LogP contribution in [0.4, 0.5) is 10.8 Å². The fraction of sp³-hybridized carbons (Fsp3) is 0.105. The highest BCUT2D eigenvalue weighted by molar-refractivity contribution is 7.93. The number of aromatic nitrogens is 1. The Morgan fingerprint density at radius 2 is 1.81 bits per heavy atom. The lowest BCUT2D eigenvalue weighted by molar-refractivity contribution is -0.118. The Balaban J connectivity index is 1.49. The fourth-order valence-corrected chi connectivity index (χ4v) is 6.62. The Hall–Kier alpha value is -3.29. The molecule has 0 saturated heterocycles. The molecule has 2 aromatic carbocycles. The molecular weight excluding hydrogens is 476 g/mol. The molecule has 2 heterocycles. The molecule has 0 bridgehead atoms. The fourth-order valence-electron chi connectivity index (χ4n) is 3.10. The molecule has 0 saturated carbocycles. The van der Waals surface area contributed by atoms with Crippen molar-refractivity contribution in [2.75, 3.05) is 10.0 Å². The molecular formula is C19H16N4O6S3. The number of sulfonamides is 2. The van der Waals surface area contributed by atoms with Crippen molar-refractivity contribution in [3.63, 3.8) is 0 Å². The molecule has 32 heavy (non-hydrogen) atoms. The van der Waals surface area contributed by atoms with Crippen LogP contribution in [0.1, 0.15) is 17.3 Å². The van der Waals surface area contributed by atoms with Crippen molar-refractivity contribution in [2.45, 2.75) is 22.8 Å². The Labute approximate surface area is 188 Å². The van der Waals surface area contributed by atoms with Gasteiger partial charge in [0.2, 0.25) is 5.91 Å². The van der Waals surface area contributed by atoms with Gasteiger partial charge in [-0.3, -0.25) is 14.3 Å². The summed E-state index contributed by atoms with van der Waals surface area (Å²) in [7, 11) is -8.01. The molecule has 4 rings (SSSR count). The highest BCUT2D eigenvalue weighted by Crippen LogP contribution is 2.32. The van der Waals surface area contributed by atoms with Crippen LogP contribution in [0.3, 0.4) is 0 Å². The van der Waals surface area contributed by atoms with E-state index in [9.17, 15) is 26.4 Å².